The first-order valence-corrected chi connectivity index (χ1v) is 5.30. The summed E-state index contributed by atoms with van der Waals surface area (Å²) in [6.07, 6.45) is 2.99. The Morgan fingerprint density at radius 3 is 2.94 bits per heavy atom. The van der Waals surface area contributed by atoms with Crippen LogP contribution in [0, 0.1) is 5.41 Å². The minimum atomic E-state index is -0.231. The first kappa shape index (κ1) is 12.6. The lowest BCUT2D eigenvalue weighted by molar-refractivity contribution is 0.0928. The van der Waals surface area contributed by atoms with E-state index in [9.17, 15) is 4.79 Å². The van der Waals surface area contributed by atoms with Crippen LogP contribution in [0.2, 0.25) is 0 Å². The molecular formula is C10H18N4O2. The molecule has 0 atom stereocenters. The highest BCUT2D eigenvalue weighted by Gasteiger charge is 2.19. The predicted molar refractivity (Wildman–Crippen MR) is 58.8 cm³/mol. The van der Waals surface area contributed by atoms with Crippen molar-refractivity contribution in [3.05, 3.63) is 11.9 Å². The van der Waals surface area contributed by atoms with E-state index < -0.39 is 0 Å². The Hall–Kier alpha value is -1.43. The second kappa shape index (κ2) is 5.60. The van der Waals surface area contributed by atoms with Crippen LogP contribution in [-0.4, -0.2) is 39.6 Å². The molecule has 1 rings (SSSR count). The first-order valence-electron chi connectivity index (χ1n) is 5.30. The summed E-state index contributed by atoms with van der Waals surface area (Å²) in [7, 11) is 0. The summed E-state index contributed by atoms with van der Waals surface area (Å²) in [4.78, 5) is 11.5. The summed E-state index contributed by atoms with van der Waals surface area (Å²) in [6, 6.07) is 0. The summed E-state index contributed by atoms with van der Waals surface area (Å²) in [5.41, 5.74) is 0.264. The van der Waals surface area contributed by atoms with Crippen LogP contribution in [0.4, 0.5) is 0 Å². The predicted octanol–water partition coefficient (Wildman–Crippen LogP) is 0.333. The standard InChI is InChI=1S/C10H18N4O2/c1-10(2,4-3-5-15)7-11-9(16)8-6-12-14-13-8/h6,15H,3-5,7H2,1-2H3,(H,11,16)(H,12,13,14). The molecular weight excluding hydrogens is 208 g/mol. The molecule has 1 aromatic rings. The van der Waals surface area contributed by atoms with E-state index in [1.807, 2.05) is 13.8 Å². The average Bonchev–Trinajstić information content (AvgIpc) is 2.77. The van der Waals surface area contributed by atoms with Gasteiger partial charge in [-0.15, -0.1) is 0 Å². The van der Waals surface area contributed by atoms with E-state index in [4.69, 9.17) is 5.11 Å². The van der Waals surface area contributed by atoms with Crippen molar-refractivity contribution in [3.63, 3.8) is 0 Å². The lowest BCUT2D eigenvalue weighted by Gasteiger charge is -2.24. The van der Waals surface area contributed by atoms with Gasteiger partial charge in [-0.25, -0.2) is 0 Å². The van der Waals surface area contributed by atoms with Gasteiger partial charge in [0.2, 0.25) is 0 Å². The van der Waals surface area contributed by atoms with Crippen LogP contribution < -0.4 is 5.32 Å². The Bertz CT molecular complexity index is 322. The molecule has 0 fully saturated rings. The number of nitrogens with one attached hydrogen (secondary N) is 2. The maximum absolute atomic E-state index is 11.5. The molecule has 90 valence electrons. The minimum Gasteiger partial charge on any atom is -0.396 e. The van der Waals surface area contributed by atoms with E-state index in [2.05, 4.69) is 20.7 Å². The zero-order valence-corrected chi connectivity index (χ0v) is 9.66. The summed E-state index contributed by atoms with van der Waals surface area (Å²) in [5.74, 6) is -0.231. The smallest absolute Gasteiger partial charge is 0.273 e. The number of nitrogens with zero attached hydrogens (tertiary/aromatic N) is 2. The van der Waals surface area contributed by atoms with Gasteiger partial charge < -0.3 is 10.4 Å². The van der Waals surface area contributed by atoms with Crippen molar-refractivity contribution in [2.24, 2.45) is 5.41 Å². The zero-order valence-electron chi connectivity index (χ0n) is 9.66. The highest BCUT2D eigenvalue weighted by molar-refractivity contribution is 5.91. The number of H-pyrrole nitrogens is 1. The van der Waals surface area contributed by atoms with Crippen LogP contribution in [0.15, 0.2) is 6.20 Å². The van der Waals surface area contributed by atoms with Gasteiger partial charge >= 0.3 is 0 Å². The third-order valence-corrected chi connectivity index (χ3v) is 2.39. The SMILES string of the molecule is CC(C)(CCCO)CNC(=O)c1cn[nH]n1. The molecule has 16 heavy (non-hydrogen) atoms. The Labute approximate surface area is 94.4 Å². The van der Waals surface area contributed by atoms with Crippen LogP contribution in [0.1, 0.15) is 37.2 Å². The Morgan fingerprint density at radius 1 is 1.62 bits per heavy atom. The minimum absolute atomic E-state index is 0.0257. The number of aromatic nitrogens is 3. The quantitative estimate of drug-likeness (QED) is 0.652. The highest BCUT2D eigenvalue weighted by Crippen LogP contribution is 2.20. The molecule has 0 aliphatic heterocycles. The number of hydrogen-bond donors (Lipinski definition) is 3. The number of aliphatic hydroxyl groups is 1. The van der Waals surface area contributed by atoms with Gasteiger partial charge in [-0.1, -0.05) is 13.8 Å². The van der Waals surface area contributed by atoms with E-state index >= 15 is 0 Å². The van der Waals surface area contributed by atoms with Gasteiger partial charge in [0.1, 0.15) is 0 Å². The van der Waals surface area contributed by atoms with E-state index in [1.165, 1.54) is 6.20 Å². The number of hydrogen-bond acceptors (Lipinski definition) is 4. The molecule has 1 aromatic heterocycles. The van der Waals surface area contributed by atoms with Gasteiger partial charge in [0, 0.05) is 13.2 Å². The molecule has 6 nitrogen and oxygen atoms in total. The Balaban J connectivity index is 2.36. The molecule has 0 aromatic carbocycles. The molecule has 0 radical (unpaired) electrons. The number of amides is 1. The van der Waals surface area contributed by atoms with Gasteiger partial charge in [0.15, 0.2) is 5.69 Å². The maximum atomic E-state index is 11.5. The fourth-order valence-corrected chi connectivity index (χ4v) is 1.37. The van der Waals surface area contributed by atoms with Crippen LogP contribution in [0.5, 0.6) is 0 Å². The topological polar surface area (TPSA) is 90.9 Å². The third-order valence-electron chi connectivity index (χ3n) is 2.39. The van der Waals surface area contributed by atoms with E-state index in [-0.39, 0.29) is 23.6 Å². The number of rotatable bonds is 6. The van der Waals surface area contributed by atoms with Crippen molar-refractivity contribution in [2.45, 2.75) is 26.7 Å². The van der Waals surface area contributed by atoms with Crippen LogP contribution >= 0.6 is 0 Å². The fourth-order valence-electron chi connectivity index (χ4n) is 1.37. The number of carbonyl (C=O) groups is 1. The van der Waals surface area contributed by atoms with Gasteiger partial charge in [0.05, 0.1) is 6.20 Å². The summed E-state index contributed by atoms with van der Waals surface area (Å²) >= 11 is 0. The molecule has 0 unspecified atom stereocenters. The summed E-state index contributed by atoms with van der Waals surface area (Å²) in [5, 5.41) is 21.2. The largest absolute Gasteiger partial charge is 0.396 e. The van der Waals surface area contributed by atoms with Crippen molar-refractivity contribution in [3.8, 4) is 0 Å². The van der Waals surface area contributed by atoms with Crippen molar-refractivity contribution in [1.29, 1.82) is 0 Å². The molecule has 0 saturated carbocycles. The molecule has 0 aliphatic carbocycles. The molecule has 1 amide bonds. The van der Waals surface area contributed by atoms with Crippen molar-refractivity contribution in [1.82, 2.24) is 20.7 Å². The van der Waals surface area contributed by atoms with Gasteiger partial charge in [-0.3, -0.25) is 4.79 Å². The average molecular weight is 226 g/mol. The van der Waals surface area contributed by atoms with Crippen LogP contribution in [0.3, 0.4) is 0 Å². The molecule has 0 spiro atoms. The monoisotopic (exact) mass is 226 g/mol. The van der Waals surface area contributed by atoms with Crippen molar-refractivity contribution < 1.29 is 9.90 Å². The van der Waals surface area contributed by atoms with E-state index in [0.29, 0.717) is 6.54 Å². The third kappa shape index (κ3) is 3.98. The normalized spacial score (nSPS) is 11.4. The summed E-state index contributed by atoms with van der Waals surface area (Å²) < 4.78 is 0. The molecule has 0 saturated heterocycles. The number of carbonyl (C=O) groups excluding carboxylic acids is 1. The Kier molecular flexibility index (Phi) is 4.42. The first-order chi connectivity index (χ1) is 7.55. The lowest BCUT2D eigenvalue weighted by atomic mass is 9.88. The second-order valence-corrected chi connectivity index (χ2v) is 4.53. The number of aromatic amines is 1. The fraction of sp³-hybridized carbons (Fsp3) is 0.700. The van der Waals surface area contributed by atoms with E-state index in [0.717, 1.165) is 12.8 Å². The van der Waals surface area contributed by atoms with Gasteiger partial charge in [-0.2, -0.15) is 15.4 Å². The zero-order chi connectivity index (χ0) is 12.0. The van der Waals surface area contributed by atoms with Gasteiger partial charge in [0.25, 0.3) is 5.91 Å². The maximum Gasteiger partial charge on any atom is 0.273 e. The second-order valence-electron chi connectivity index (χ2n) is 4.53. The van der Waals surface area contributed by atoms with Crippen molar-refractivity contribution >= 4 is 5.91 Å². The summed E-state index contributed by atoms with van der Waals surface area (Å²) in [6.45, 7) is 4.83. The van der Waals surface area contributed by atoms with Crippen molar-refractivity contribution in [2.75, 3.05) is 13.2 Å². The van der Waals surface area contributed by atoms with Crippen LogP contribution in [0.25, 0.3) is 0 Å². The Morgan fingerprint density at radius 2 is 2.38 bits per heavy atom. The molecule has 3 N–H and O–H groups in total. The molecule has 0 aliphatic rings. The number of aliphatic hydroxyl groups excluding tert-OH is 1. The van der Waals surface area contributed by atoms with E-state index in [1.54, 1.807) is 0 Å². The molecule has 6 heteroatoms. The molecule has 0 bridgehead atoms. The lowest BCUT2D eigenvalue weighted by Crippen LogP contribution is -2.34. The highest BCUT2D eigenvalue weighted by atomic mass is 16.2. The van der Waals surface area contributed by atoms with Gasteiger partial charge in [-0.05, 0) is 18.3 Å². The van der Waals surface area contributed by atoms with Crippen LogP contribution in [-0.2, 0) is 0 Å². The molecule has 1 heterocycles.